The Labute approximate surface area is 118 Å². The quantitative estimate of drug-likeness (QED) is 0.706. The van der Waals surface area contributed by atoms with Crippen LogP contribution in [0.1, 0.15) is 37.3 Å². The van der Waals surface area contributed by atoms with E-state index in [2.05, 4.69) is 39.6 Å². The lowest BCUT2D eigenvalue weighted by Gasteiger charge is -2.17. The molecule has 1 aromatic carbocycles. The first kappa shape index (κ1) is 13.3. The topological polar surface area (TPSA) is 65.5 Å². The number of nitrogens with one attached hydrogen (secondary N) is 3. The Morgan fingerprint density at radius 3 is 2.95 bits per heavy atom. The van der Waals surface area contributed by atoms with Crippen LogP contribution in [0.15, 0.2) is 29.4 Å². The molecule has 1 amide bonds. The molecule has 1 heterocycles. The highest BCUT2D eigenvalue weighted by molar-refractivity contribution is 6.03. The molecule has 5 heteroatoms. The monoisotopic (exact) mass is 272 g/mol. The molecule has 0 saturated carbocycles. The average Bonchev–Trinajstić information content (AvgIpc) is 2.91. The predicted molar refractivity (Wildman–Crippen MR) is 78.2 cm³/mol. The number of carbonyl (C=O) groups excluding carboxylic acids is 1. The second-order valence-corrected chi connectivity index (χ2v) is 5.52. The molecule has 3 rings (SSSR count). The van der Waals surface area contributed by atoms with Gasteiger partial charge in [0.2, 0.25) is 0 Å². The van der Waals surface area contributed by atoms with E-state index < -0.39 is 0 Å². The predicted octanol–water partition coefficient (Wildman–Crippen LogP) is 1.10. The number of benzene rings is 1. The lowest BCUT2D eigenvalue weighted by molar-refractivity contribution is -0.122. The first-order valence-electron chi connectivity index (χ1n) is 7.20. The molecule has 2 unspecified atom stereocenters. The molecule has 2 aliphatic rings. The molecule has 3 N–H and O–H groups in total. The molecule has 1 aliphatic heterocycles. The molecule has 1 aliphatic carbocycles. The number of hydrogen-bond donors (Lipinski definition) is 3. The Bertz CT molecular complexity index is 540. The van der Waals surface area contributed by atoms with Crippen molar-refractivity contribution in [1.29, 1.82) is 0 Å². The summed E-state index contributed by atoms with van der Waals surface area (Å²) in [5.41, 5.74) is 12.2. The smallest absolute Gasteiger partial charge is 0.258 e. The fourth-order valence-electron chi connectivity index (χ4n) is 2.80. The van der Waals surface area contributed by atoms with Gasteiger partial charge in [0.05, 0.1) is 5.71 Å². The second kappa shape index (κ2) is 5.73. The number of aryl methyl sites for hydroxylation is 1. The molecule has 1 fully saturated rings. The number of hydrogen-bond acceptors (Lipinski definition) is 4. The summed E-state index contributed by atoms with van der Waals surface area (Å²) in [6.07, 6.45) is 3.89. The van der Waals surface area contributed by atoms with Crippen molar-refractivity contribution in [3.63, 3.8) is 0 Å². The van der Waals surface area contributed by atoms with Crippen LogP contribution in [0.2, 0.25) is 0 Å². The number of fused-ring (bicyclic) bond motifs is 1. The summed E-state index contributed by atoms with van der Waals surface area (Å²) in [5, 5.41) is 4.34. The summed E-state index contributed by atoms with van der Waals surface area (Å²) in [4.78, 5) is 12.0. The van der Waals surface area contributed by atoms with E-state index >= 15 is 0 Å². The minimum Gasteiger partial charge on any atom is -0.271 e. The van der Waals surface area contributed by atoms with Gasteiger partial charge in [0, 0.05) is 11.6 Å². The van der Waals surface area contributed by atoms with Crippen LogP contribution in [0.5, 0.6) is 0 Å². The molecule has 20 heavy (non-hydrogen) atoms. The van der Waals surface area contributed by atoms with E-state index in [0.717, 1.165) is 31.4 Å². The van der Waals surface area contributed by atoms with Gasteiger partial charge in [-0.25, -0.2) is 10.9 Å². The van der Waals surface area contributed by atoms with Crippen molar-refractivity contribution in [2.24, 2.45) is 5.10 Å². The number of hydrazine groups is 1. The van der Waals surface area contributed by atoms with E-state index in [0.29, 0.717) is 6.04 Å². The van der Waals surface area contributed by atoms with Crippen molar-refractivity contribution in [2.45, 2.75) is 44.7 Å². The van der Waals surface area contributed by atoms with Crippen molar-refractivity contribution < 1.29 is 4.79 Å². The fraction of sp³-hybridized carbons (Fsp3) is 0.467. The van der Waals surface area contributed by atoms with Gasteiger partial charge in [-0.15, -0.1) is 0 Å². The zero-order valence-electron chi connectivity index (χ0n) is 11.6. The number of hydrazone groups is 1. The molecule has 1 aromatic rings. The second-order valence-electron chi connectivity index (χ2n) is 5.52. The van der Waals surface area contributed by atoms with E-state index in [1.165, 1.54) is 11.1 Å². The van der Waals surface area contributed by atoms with Gasteiger partial charge in [-0.1, -0.05) is 24.3 Å². The molecule has 0 radical (unpaired) electrons. The Balaban J connectivity index is 1.69. The molecular weight excluding hydrogens is 252 g/mol. The van der Waals surface area contributed by atoms with Crippen molar-refractivity contribution >= 4 is 11.6 Å². The molecule has 0 aromatic heterocycles. The first-order chi connectivity index (χ1) is 9.74. The molecule has 1 saturated heterocycles. The van der Waals surface area contributed by atoms with Crippen LogP contribution in [0.25, 0.3) is 0 Å². The Morgan fingerprint density at radius 1 is 1.30 bits per heavy atom. The van der Waals surface area contributed by atoms with Crippen LogP contribution < -0.4 is 16.3 Å². The minimum absolute atomic E-state index is 0.0718. The van der Waals surface area contributed by atoms with Gasteiger partial charge in [-0.2, -0.15) is 5.10 Å². The number of amides is 1. The molecule has 2 atom stereocenters. The first-order valence-corrected chi connectivity index (χ1v) is 7.20. The normalized spacial score (nSPS) is 27.4. The summed E-state index contributed by atoms with van der Waals surface area (Å²) in [6, 6.07) is 8.40. The summed E-state index contributed by atoms with van der Waals surface area (Å²) in [7, 11) is 0. The van der Waals surface area contributed by atoms with Crippen LogP contribution in [0.3, 0.4) is 0 Å². The third-order valence-electron chi connectivity index (χ3n) is 3.90. The third kappa shape index (κ3) is 2.73. The van der Waals surface area contributed by atoms with E-state index in [-0.39, 0.29) is 11.9 Å². The minimum atomic E-state index is -0.201. The maximum atomic E-state index is 12.0. The molecular formula is C15H20N4O. The van der Waals surface area contributed by atoms with Crippen molar-refractivity contribution in [3.05, 3.63) is 35.4 Å². The van der Waals surface area contributed by atoms with Gasteiger partial charge in [0.25, 0.3) is 5.91 Å². The maximum absolute atomic E-state index is 12.0. The van der Waals surface area contributed by atoms with Gasteiger partial charge in [-0.3, -0.25) is 10.2 Å². The third-order valence-corrected chi connectivity index (χ3v) is 3.90. The zero-order chi connectivity index (χ0) is 13.9. The largest absolute Gasteiger partial charge is 0.271 e. The highest BCUT2D eigenvalue weighted by Crippen LogP contribution is 2.21. The highest BCUT2D eigenvalue weighted by atomic mass is 16.2. The van der Waals surface area contributed by atoms with Gasteiger partial charge in [0.1, 0.15) is 6.04 Å². The van der Waals surface area contributed by atoms with Crippen molar-refractivity contribution in [2.75, 3.05) is 0 Å². The van der Waals surface area contributed by atoms with Gasteiger partial charge in [-0.05, 0) is 38.2 Å². The van der Waals surface area contributed by atoms with Crippen LogP contribution in [-0.2, 0) is 11.2 Å². The van der Waals surface area contributed by atoms with Gasteiger partial charge < -0.3 is 0 Å². The van der Waals surface area contributed by atoms with Gasteiger partial charge >= 0.3 is 0 Å². The molecule has 106 valence electrons. The summed E-state index contributed by atoms with van der Waals surface area (Å²) in [6.45, 7) is 2.05. The number of nitrogens with zero attached hydrogens (tertiary/aromatic N) is 1. The van der Waals surface area contributed by atoms with Gasteiger partial charge in [0.15, 0.2) is 0 Å². The van der Waals surface area contributed by atoms with E-state index in [9.17, 15) is 4.79 Å². The summed E-state index contributed by atoms with van der Waals surface area (Å²) in [5.74, 6) is -0.0718. The summed E-state index contributed by atoms with van der Waals surface area (Å²) >= 11 is 0. The molecule has 0 bridgehead atoms. The molecule has 0 spiro atoms. The van der Waals surface area contributed by atoms with Crippen LogP contribution in [0.4, 0.5) is 0 Å². The van der Waals surface area contributed by atoms with E-state index in [1.54, 1.807) is 0 Å². The Hall–Kier alpha value is -1.72. The van der Waals surface area contributed by atoms with Crippen LogP contribution >= 0.6 is 0 Å². The standard InChI is InChI=1S/C15H20N4O/c1-10-9-14(18-16-10)15(20)19-17-13-8-4-6-11-5-2-3-7-12(11)13/h2-3,5,7,10,14,16,18H,4,6,8-9H2,1H3,(H,19,20)/b17-13+. The number of rotatable bonds is 2. The van der Waals surface area contributed by atoms with Crippen molar-refractivity contribution in [1.82, 2.24) is 16.3 Å². The number of carbonyl (C=O) groups is 1. The summed E-state index contributed by atoms with van der Waals surface area (Å²) < 4.78 is 0. The fourth-order valence-corrected chi connectivity index (χ4v) is 2.80. The zero-order valence-corrected chi connectivity index (χ0v) is 11.6. The average molecular weight is 272 g/mol. The maximum Gasteiger partial charge on any atom is 0.258 e. The Morgan fingerprint density at radius 2 is 2.15 bits per heavy atom. The Kier molecular flexibility index (Phi) is 3.80. The lowest BCUT2D eigenvalue weighted by Crippen LogP contribution is -2.42. The lowest BCUT2D eigenvalue weighted by atomic mass is 9.90. The van der Waals surface area contributed by atoms with Crippen LogP contribution in [0, 0.1) is 0 Å². The highest BCUT2D eigenvalue weighted by Gasteiger charge is 2.26. The van der Waals surface area contributed by atoms with E-state index in [1.807, 2.05) is 13.0 Å². The van der Waals surface area contributed by atoms with Crippen LogP contribution in [-0.4, -0.2) is 23.7 Å². The van der Waals surface area contributed by atoms with Crippen molar-refractivity contribution in [3.8, 4) is 0 Å². The SMILES string of the molecule is CC1CC(C(=O)N/N=C2\CCCc3ccccc32)NN1. The van der Waals surface area contributed by atoms with E-state index in [4.69, 9.17) is 0 Å². The molecule has 5 nitrogen and oxygen atoms in total.